The molecular formula is C14H21NO3. The van der Waals surface area contributed by atoms with Crippen LogP contribution in [0.2, 0.25) is 0 Å². The van der Waals surface area contributed by atoms with Gasteiger partial charge in [0.2, 0.25) is 0 Å². The van der Waals surface area contributed by atoms with Crippen LogP contribution >= 0.6 is 0 Å². The molecule has 1 aromatic carbocycles. The second-order valence-electron chi connectivity index (χ2n) is 5.14. The lowest BCUT2D eigenvalue weighted by molar-refractivity contribution is -0.158. The second kappa shape index (κ2) is 6.52. The number of aliphatic hydroxyl groups is 1. The lowest BCUT2D eigenvalue weighted by Gasteiger charge is -2.23. The Labute approximate surface area is 108 Å². The van der Waals surface area contributed by atoms with Gasteiger partial charge in [0.1, 0.15) is 11.6 Å². The molecule has 1 aromatic rings. The van der Waals surface area contributed by atoms with Crippen molar-refractivity contribution in [2.75, 3.05) is 6.61 Å². The Morgan fingerprint density at radius 2 is 1.94 bits per heavy atom. The number of rotatable bonds is 5. The van der Waals surface area contributed by atoms with Gasteiger partial charge in [-0.15, -0.1) is 0 Å². The topological polar surface area (TPSA) is 58.6 Å². The molecule has 4 nitrogen and oxygen atoms in total. The first-order valence-electron chi connectivity index (χ1n) is 6.03. The molecule has 0 heterocycles. The number of ether oxygens (including phenoxy) is 1. The van der Waals surface area contributed by atoms with Gasteiger partial charge in [-0.1, -0.05) is 30.3 Å². The zero-order chi connectivity index (χ0) is 13.6. The molecule has 18 heavy (non-hydrogen) atoms. The highest BCUT2D eigenvalue weighted by atomic mass is 16.6. The molecule has 1 unspecified atom stereocenters. The Kier molecular flexibility index (Phi) is 5.31. The Hall–Kier alpha value is -1.39. The smallest absolute Gasteiger partial charge is 0.326 e. The molecule has 0 fully saturated rings. The fourth-order valence-electron chi connectivity index (χ4n) is 1.43. The van der Waals surface area contributed by atoms with Crippen LogP contribution in [-0.2, 0) is 16.1 Å². The van der Waals surface area contributed by atoms with Crippen LogP contribution in [-0.4, -0.2) is 29.3 Å². The van der Waals surface area contributed by atoms with Gasteiger partial charge in [0.25, 0.3) is 0 Å². The van der Waals surface area contributed by atoms with Crippen molar-refractivity contribution in [3.63, 3.8) is 0 Å². The largest absolute Gasteiger partial charge is 0.459 e. The van der Waals surface area contributed by atoms with Crippen LogP contribution in [0.1, 0.15) is 26.3 Å². The summed E-state index contributed by atoms with van der Waals surface area (Å²) in [6.07, 6.45) is 0. The van der Waals surface area contributed by atoms with Crippen LogP contribution < -0.4 is 5.32 Å². The Bertz CT molecular complexity index is 370. The average molecular weight is 251 g/mol. The molecule has 1 atom stereocenters. The summed E-state index contributed by atoms with van der Waals surface area (Å²) in [6.45, 7) is 5.65. The monoisotopic (exact) mass is 251 g/mol. The summed E-state index contributed by atoms with van der Waals surface area (Å²) in [6, 6.07) is 9.01. The van der Waals surface area contributed by atoms with E-state index in [2.05, 4.69) is 5.32 Å². The third-order valence-electron chi connectivity index (χ3n) is 2.27. The zero-order valence-electron chi connectivity index (χ0n) is 11.1. The fraction of sp³-hybridized carbons (Fsp3) is 0.500. The number of esters is 1. The first-order valence-corrected chi connectivity index (χ1v) is 6.03. The van der Waals surface area contributed by atoms with Crippen LogP contribution in [0.4, 0.5) is 0 Å². The number of carbonyl (C=O) groups is 1. The standard InChI is InChI=1S/C14H21NO3/c1-14(2,3)18-13(17)12(10-16)15-9-11-7-5-4-6-8-11/h4-8,12,15-16H,9-10H2,1-3H3. The van der Waals surface area contributed by atoms with Crippen molar-refractivity contribution in [3.8, 4) is 0 Å². The highest BCUT2D eigenvalue weighted by Crippen LogP contribution is 2.08. The van der Waals surface area contributed by atoms with E-state index in [4.69, 9.17) is 4.74 Å². The van der Waals surface area contributed by atoms with Crippen molar-refractivity contribution in [3.05, 3.63) is 35.9 Å². The summed E-state index contributed by atoms with van der Waals surface area (Å²) in [4.78, 5) is 11.8. The van der Waals surface area contributed by atoms with Gasteiger partial charge in [0.05, 0.1) is 6.61 Å². The molecule has 0 aliphatic heterocycles. The Morgan fingerprint density at radius 1 is 1.33 bits per heavy atom. The van der Waals surface area contributed by atoms with Crippen LogP contribution in [0.25, 0.3) is 0 Å². The van der Waals surface area contributed by atoms with Crippen LogP contribution in [0.15, 0.2) is 30.3 Å². The molecule has 4 heteroatoms. The predicted octanol–water partition coefficient (Wildman–Crippen LogP) is 1.48. The average Bonchev–Trinajstić information content (AvgIpc) is 2.29. The quantitative estimate of drug-likeness (QED) is 0.778. The summed E-state index contributed by atoms with van der Waals surface area (Å²) in [7, 11) is 0. The molecule has 100 valence electrons. The summed E-state index contributed by atoms with van der Waals surface area (Å²) < 4.78 is 5.22. The maximum absolute atomic E-state index is 11.8. The van der Waals surface area contributed by atoms with E-state index in [0.29, 0.717) is 6.54 Å². The molecular weight excluding hydrogens is 230 g/mol. The van der Waals surface area contributed by atoms with E-state index in [1.807, 2.05) is 30.3 Å². The maximum atomic E-state index is 11.8. The summed E-state index contributed by atoms with van der Waals surface area (Å²) in [5, 5.41) is 12.2. The molecule has 0 bridgehead atoms. The van der Waals surface area contributed by atoms with E-state index in [1.165, 1.54) is 0 Å². The van der Waals surface area contributed by atoms with Gasteiger partial charge in [0, 0.05) is 6.54 Å². The zero-order valence-corrected chi connectivity index (χ0v) is 11.1. The fourth-order valence-corrected chi connectivity index (χ4v) is 1.43. The molecule has 0 spiro atoms. The van der Waals surface area contributed by atoms with Crippen molar-refractivity contribution in [2.24, 2.45) is 0 Å². The van der Waals surface area contributed by atoms with Crippen molar-refractivity contribution >= 4 is 5.97 Å². The molecule has 0 amide bonds. The normalized spacial score (nSPS) is 13.1. The molecule has 0 saturated carbocycles. The highest BCUT2D eigenvalue weighted by molar-refractivity contribution is 5.76. The molecule has 0 aliphatic rings. The minimum absolute atomic E-state index is 0.276. The van der Waals surface area contributed by atoms with E-state index < -0.39 is 17.6 Å². The van der Waals surface area contributed by atoms with Crippen molar-refractivity contribution in [1.82, 2.24) is 5.32 Å². The summed E-state index contributed by atoms with van der Waals surface area (Å²) >= 11 is 0. The SMILES string of the molecule is CC(C)(C)OC(=O)C(CO)NCc1ccccc1. The van der Waals surface area contributed by atoms with E-state index in [0.717, 1.165) is 5.56 Å². The summed E-state index contributed by atoms with van der Waals surface area (Å²) in [5.41, 5.74) is 0.512. The van der Waals surface area contributed by atoms with Crippen molar-refractivity contribution in [1.29, 1.82) is 0 Å². The predicted molar refractivity (Wildman–Crippen MR) is 70.0 cm³/mol. The van der Waals surface area contributed by atoms with Crippen molar-refractivity contribution < 1.29 is 14.6 Å². The second-order valence-corrected chi connectivity index (χ2v) is 5.14. The van der Waals surface area contributed by atoms with Crippen molar-refractivity contribution in [2.45, 2.75) is 39.0 Å². The number of hydrogen-bond acceptors (Lipinski definition) is 4. The third kappa shape index (κ3) is 5.29. The van der Waals surface area contributed by atoms with Crippen LogP contribution in [0.3, 0.4) is 0 Å². The lowest BCUT2D eigenvalue weighted by atomic mass is 10.2. The van der Waals surface area contributed by atoms with Crippen LogP contribution in [0, 0.1) is 0 Å². The summed E-state index contributed by atoms with van der Waals surface area (Å²) in [5.74, 6) is -0.430. The minimum Gasteiger partial charge on any atom is -0.459 e. The first-order chi connectivity index (χ1) is 8.42. The number of aliphatic hydroxyl groups excluding tert-OH is 1. The number of nitrogens with one attached hydrogen (secondary N) is 1. The van der Waals surface area contributed by atoms with Gasteiger partial charge in [-0.05, 0) is 26.3 Å². The number of carbonyl (C=O) groups excluding carboxylic acids is 1. The molecule has 1 rings (SSSR count). The van der Waals surface area contributed by atoms with Gasteiger partial charge < -0.3 is 9.84 Å². The molecule has 0 aromatic heterocycles. The van der Waals surface area contributed by atoms with E-state index in [-0.39, 0.29) is 6.61 Å². The van der Waals surface area contributed by atoms with Gasteiger partial charge in [0.15, 0.2) is 0 Å². The molecule has 0 aliphatic carbocycles. The number of benzene rings is 1. The van der Waals surface area contributed by atoms with E-state index in [1.54, 1.807) is 20.8 Å². The van der Waals surface area contributed by atoms with Gasteiger partial charge >= 0.3 is 5.97 Å². The lowest BCUT2D eigenvalue weighted by Crippen LogP contribution is -2.43. The molecule has 0 saturated heterocycles. The Balaban J connectivity index is 2.50. The Morgan fingerprint density at radius 3 is 2.44 bits per heavy atom. The highest BCUT2D eigenvalue weighted by Gasteiger charge is 2.23. The van der Waals surface area contributed by atoms with Gasteiger partial charge in [-0.25, -0.2) is 0 Å². The van der Waals surface area contributed by atoms with Crippen LogP contribution in [0.5, 0.6) is 0 Å². The minimum atomic E-state index is -0.690. The molecule has 0 radical (unpaired) electrons. The number of hydrogen-bond donors (Lipinski definition) is 2. The van der Waals surface area contributed by atoms with E-state index >= 15 is 0 Å². The van der Waals surface area contributed by atoms with E-state index in [9.17, 15) is 9.90 Å². The maximum Gasteiger partial charge on any atom is 0.326 e. The van der Waals surface area contributed by atoms with Gasteiger partial charge in [-0.2, -0.15) is 0 Å². The van der Waals surface area contributed by atoms with Gasteiger partial charge in [-0.3, -0.25) is 10.1 Å². The molecule has 2 N–H and O–H groups in total. The first kappa shape index (κ1) is 14.7. The third-order valence-corrected chi connectivity index (χ3v) is 2.27.